The van der Waals surface area contributed by atoms with Gasteiger partial charge in [0, 0.05) is 50.2 Å². The van der Waals surface area contributed by atoms with Crippen molar-refractivity contribution in [2.75, 3.05) is 63.6 Å². The van der Waals surface area contributed by atoms with Crippen LogP contribution in [0.1, 0.15) is 30.1 Å². The highest BCUT2D eigenvalue weighted by Gasteiger charge is 2.38. The largest absolute Gasteiger partial charge is 0.497 e. The predicted molar refractivity (Wildman–Crippen MR) is 177 cm³/mol. The highest BCUT2D eigenvalue weighted by atomic mass is 32.2. The molecule has 0 saturated carbocycles. The van der Waals surface area contributed by atoms with Crippen molar-refractivity contribution in [2.45, 2.75) is 25.0 Å². The normalized spacial score (nSPS) is 18.0. The lowest BCUT2D eigenvalue weighted by Gasteiger charge is -2.21. The highest BCUT2D eigenvalue weighted by molar-refractivity contribution is 8.04. The van der Waals surface area contributed by atoms with E-state index in [-0.39, 0.29) is 23.4 Å². The lowest BCUT2D eigenvalue weighted by atomic mass is 10.1. The van der Waals surface area contributed by atoms with Crippen LogP contribution in [-0.2, 0) is 9.59 Å². The molecule has 0 unspecified atom stereocenters. The molecule has 0 spiro atoms. The van der Waals surface area contributed by atoms with E-state index >= 15 is 0 Å². The van der Waals surface area contributed by atoms with E-state index in [4.69, 9.17) is 10.5 Å². The van der Waals surface area contributed by atoms with E-state index in [1.807, 2.05) is 43.3 Å². The molecule has 2 aliphatic heterocycles. The van der Waals surface area contributed by atoms with E-state index in [2.05, 4.69) is 15.5 Å². The van der Waals surface area contributed by atoms with E-state index < -0.39 is 5.25 Å². The molecule has 0 radical (unpaired) electrons. The number of ether oxygens (including phenoxy) is 1. The van der Waals surface area contributed by atoms with E-state index in [1.165, 1.54) is 29.5 Å². The van der Waals surface area contributed by atoms with Gasteiger partial charge in [-0.15, -0.1) is 0 Å². The Labute approximate surface area is 262 Å². The first-order chi connectivity index (χ1) is 21.3. The number of nitrogens with two attached hydrogens (primary N) is 1. The molecule has 3 aromatic carbocycles. The van der Waals surface area contributed by atoms with Gasteiger partial charge in [-0.25, -0.2) is 0 Å². The van der Waals surface area contributed by atoms with Crippen molar-refractivity contribution in [3.05, 3.63) is 77.0 Å². The van der Waals surface area contributed by atoms with E-state index in [9.17, 15) is 14.4 Å². The molecular formula is C33H40N6O4S. The highest BCUT2D eigenvalue weighted by Crippen LogP contribution is 2.37. The van der Waals surface area contributed by atoms with Gasteiger partial charge in [-0.1, -0.05) is 23.9 Å². The number of benzene rings is 3. The second-order valence-electron chi connectivity index (χ2n) is 10.9. The van der Waals surface area contributed by atoms with Crippen molar-refractivity contribution in [2.24, 2.45) is 5.73 Å². The number of carbonyl (C=O) groups is 3. The molecule has 44 heavy (non-hydrogen) atoms. The first-order valence-electron chi connectivity index (χ1n) is 15.0. The predicted octanol–water partition coefficient (Wildman–Crippen LogP) is 3.84. The van der Waals surface area contributed by atoms with E-state index in [0.717, 1.165) is 36.1 Å². The van der Waals surface area contributed by atoms with Crippen molar-refractivity contribution < 1.29 is 19.1 Å². The zero-order chi connectivity index (χ0) is 31.2. The van der Waals surface area contributed by atoms with Crippen LogP contribution in [-0.4, -0.2) is 86.2 Å². The summed E-state index contributed by atoms with van der Waals surface area (Å²) in [6.45, 7) is 6.38. The number of carbonyl (C=O) groups excluding carboxylic acids is 3. The van der Waals surface area contributed by atoms with Crippen LogP contribution < -0.4 is 26.0 Å². The molecular weight excluding hydrogens is 576 g/mol. The number of thioether (sulfide) groups is 1. The Morgan fingerprint density at radius 1 is 1.05 bits per heavy atom. The lowest BCUT2D eigenvalue weighted by molar-refractivity contribution is -0.127. The Bertz CT molecular complexity index is 1550. The summed E-state index contributed by atoms with van der Waals surface area (Å²) in [5, 5.41) is 8.38. The fourth-order valence-electron chi connectivity index (χ4n) is 5.50. The van der Waals surface area contributed by atoms with Crippen molar-refractivity contribution in [3.8, 4) is 5.75 Å². The summed E-state index contributed by atoms with van der Waals surface area (Å²) in [5.41, 5.74) is 8.56. The average molecular weight is 617 g/mol. The molecule has 3 amide bonds. The summed E-state index contributed by atoms with van der Waals surface area (Å²) in [6.07, 6.45) is 2.47. The second kappa shape index (κ2) is 14.0. The number of hydrogen-bond acceptors (Lipinski definition) is 8. The van der Waals surface area contributed by atoms with Crippen LogP contribution in [0, 0.1) is 0 Å². The first kappa shape index (κ1) is 31.2. The minimum Gasteiger partial charge on any atom is -0.497 e. The quantitative estimate of drug-likeness (QED) is 0.278. The standard InChI is InChI=1S/C33H40N6O4S/c1-4-39-31(41)28(44-33(39)29(34)32(42)37(2)26-11-13-27(43-3)14-12-26)21-36-25-10-9-22-19-24(8-7-23(22)20-25)30(40)35-15-18-38-16-5-6-17-38/h7-14,19-20,28,36H,4-6,15-18,21,34H2,1-3H3,(H,35,40)/b33-29+/t28-/m1/s1. The number of fused-ring (bicyclic) bond motifs is 1. The Balaban J connectivity index is 1.20. The molecule has 2 aliphatic rings. The Hall–Kier alpha value is -4.22. The number of rotatable bonds is 11. The number of likely N-dealkylation sites (N-methyl/N-ethyl adjacent to an activating group) is 1. The van der Waals surface area contributed by atoms with E-state index in [0.29, 0.717) is 41.7 Å². The van der Waals surface area contributed by atoms with Crippen LogP contribution in [0.2, 0.25) is 0 Å². The number of nitrogens with zero attached hydrogens (tertiary/aromatic N) is 3. The number of likely N-dealkylation sites (tertiary alicyclic amines) is 1. The summed E-state index contributed by atoms with van der Waals surface area (Å²) in [4.78, 5) is 44.6. The smallest absolute Gasteiger partial charge is 0.276 e. The molecule has 0 aliphatic carbocycles. The SMILES string of the molecule is CCN1C(=O)[C@@H](CNc2ccc3cc(C(=O)NCCN4CCCC4)ccc3c2)S/C1=C(/N)C(=O)N(C)c1ccc(OC)cc1. The molecule has 10 nitrogen and oxygen atoms in total. The van der Waals surface area contributed by atoms with Crippen LogP contribution in [0.4, 0.5) is 11.4 Å². The minimum absolute atomic E-state index is 0.0348. The number of methoxy groups -OCH3 is 1. The van der Waals surface area contributed by atoms with Gasteiger partial charge in [0.2, 0.25) is 5.91 Å². The lowest BCUT2D eigenvalue weighted by Crippen LogP contribution is -2.36. The molecule has 5 rings (SSSR count). The summed E-state index contributed by atoms with van der Waals surface area (Å²) < 4.78 is 5.20. The Morgan fingerprint density at radius 3 is 2.45 bits per heavy atom. The summed E-state index contributed by atoms with van der Waals surface area (Å²) in [7, 11) is 3.24. The first-order valence-corrected chi connectivity index (χ1v) is 15.8. The molecule has 232 valence electrons. The van der Waals surface area contributed by atoms with Crippen molar-refractivity contribution in [1.82, 2.24) is 15.1 Å². The molecule has 4 N–H and O–H groups in total. The van der Waals surface area contributed by atoms with E-state index in [1.54, 1.807) is 43.3 Å². The molecule has 2 saturated heterocycles. The summed E-state index contributed by atoms with van der Waals surface area (Å²) in [6, 6.07) is 18.7. The van der Waals surface area contributed by atoms with Crippen molar-refractivity contribution in [1.29, 1.82) is 0 Å². The molecule has 0 aromatic heterocycles. The third kappa shape index (κ3) is 6.95. The number of hydrogen-bond donors (Lipinski definition) is 3. The number of nitrogens with one attached hydrogen (secondary N) is 2. The van der Waals surface area contributed by atoms with Gasteiger partial charge in [0.15, 0.2) is 0 Å². The summed E-state index contributed by atoms with van der Waals surface area (Å²) >= 11 is 1.30. The van der Waals surface area contributed by atoms with Crippen LogP contribution >= 0.6 is 11.8 Å². The number of anilines is 2. The third-order valence-electron chi connectivity index (χ3n) is 8.09. The maximum atomic E-state index is 13.3. The summed E-state index contributed by atoms with van der Waals surface area (Å²) in [5.74, 6) is 0.144. The van der Waals surface area contributed by atoms with Crippen LogP contribution in [0.3, 0.4) is 0 Å². The van der Waals surface area contributed by atoms with Crippen LogP contribution in [0.5, 0.6) is 5.75 Å². The van der Waals surface area contributed by atoms with Crippen molar-refractivity contribution >= 4 is 51.6 Å². The molecule has 0 bridgehead atoms. The maximum Gasteiger partial charge on any atom is 0.276 e. The van der Waals surface area contributed by atoms with Crippen LogP contribution in [0.25, 0.3) is 10.8 Å². The van der Waals surface area contributed by atoms with Gasteiger partial charge in [0.05, 0.1) is 7.11 Å². The second-order valence-corrected chi connectivity index (χ2v) is 12.1. The minimum atomic E-state index is -0.440. The fourth-order valence-corrected chi connectivity index (χ4v) is 6.72. The van der Waals surface area contributed by atoms with Gasteiger partial charge in [-0.05, 0) is 92.2 Å². The van der Waals surface area contributed by atoms with Gasteiger partial charge in [0.1, 0.15) is 21.7 Å². The third-order valence-corrected chi connectivity index (χ3v) is 9.40. The number of amides is 3. The van der Waals surface area contributed by atoms with Crippen LogP contribution in [0.15, 0.2) is 71.4 Å². The van der Waals surface area contributed by atoms with Gasteiger partial charge >= 0.3 is 0 Å². The maximum absolute atomic E-state index is 13.3. The molecule has 11 heteroatoms. The van der Waals surface area contributed by atoms with Gasteiger partial charge in [0.25, 0.3) is 11.8 Å². The topological polar surface area (TPSA) is 120 Å². The Morgan fingerprint density at radius 2 is 1.75 bits per heavy atom. The molecule has 2 heterocycles. The average Bonchev–Trinajstić information content (AvgIpc) is 3.69. The van der Waals surface area contributed by atoms with Gasteiger partial charge in [-0.2, -0.15) is 0 Å². The molecule has 3 aromatic rings. The van der Waals surface area contributed by atoms with Crippen molar-refractivity contribution in [3.63, 3.8) is 0 Å². The Kier molecular flexibility index (Phi) is 9.96. The van der Waals surface area contributed by atoms with Gasteiger partial charge in [-0.3, -0.25) is 14.4 Å². The molecule has 1 atom stereocenters. The zero-order valence-electron chi connectivity index (χ0n) is 25.5. The fraction of sp³-hybridized carbons (Fsp3) is 0.364. The zero-order valence-corrected chi connectivity index (χ0v) is 26.3. The van der Waals surface area contributed by atoms with Gasteiger partial charge < -0.3 is 35.8 Å². The monoisotopic (exact) mass is 616 g/mol. The molecule has 2 fully saturated rings.